The molecule has 0 aliphatic carbocycles. The molecule has 1 N–H and O–H groups in total. The van der Waals surface area contributed by atoms with Crippen molar-refractivity contribution in [3.63, 3.8) is 0 Å². The van der Waals surface area contributed by atoms with Crippen LogP contribution >= 0.6 is 0 Å². The second-order valence-corrected chi connectivity index (χ2v) is 7.68. The fraction of sp³-hybridized carbons (Fsp3) is 0.0769. The van der Waals surface area contributed by atoms with Crippen LogP contribution in [0.5, 0.6) is 0 Å². The van der Waals surface area contributed by atoms with Crippen LogP contribution in [0, 0.1) is 5.82 Å². The molecule has 2 aromatic heterocycles. The third-order valence-electron chi connectivity index (χ3n) is 5.50. The van der Waals surface area contributed by atoms with Gasteiger partial charge in [0, 0.05) is 29.2 Å². The predicted octanol–water partition coefficient (Wildman–Crippen LogP) is 5.44. The minimum absolute atomic E-state index is 0.138. The van der Waals surface area contributed by atoms with Crippen LogP contribution < -0.4 is 0 Å². The number of para-hydroxylation sites is 1. The molecular formula is C26H20FN3O2. The Hall–Kier alpha value is -4.19. The van der Waals surface area contributed by atoms with E-state index in [0.29, 0.717) is 18.8 Å². The molecule has 5 rings (SSSR count). The van der Waals surface area contributed by atoms with Crippen molar-refractivity contribution in [3.05, 3.63) is 114 Å². The highest BCUT2D eigenvalue weighted by Gasteiger charge is 2.19. The molecule has 0 atom stereocenters. The smallest absolute Gasteiger partial charge is 0.354 e. The molecule has 6 heteroatoms. The zero-order chi connectivity index (χ0) is 22.1. The monoisotopic (exact) mass is 425 g/mol. The largest absolute Gasteiger partial charge is 0.477 e. The zero-order valence-electron chi connectivity index (χ0n) is 17.1. The summed E-state index contributed by atoms with van der Waals surface area (Å²) in [6.07, 6.45) is 1.98. The van der Waals surface area contributed by atoms with Gasteiger partial charge in [0.2, 0.25) is 0 Å². The summed E-state index contributed by atoms with van der Waals surface area (Å²) in [6, 6.07) is 25.6. The highest BCUT2D eigenvalue weighted by atomic mass is 19.1. The number of carboxylic acids is 1. The van der Waals surface area contributed by atoms with E-state index in [9.17, 15) is 14.3 Å². The minimum Gasteiger partial charge on any atom is -0.477 e. The predicted molar refractivity (Wildman–Crippen MR) is 121 cm³/mol. The number of aromatic carboxylic acids is 1. The maximum absolute atomic E-state index is 13.3. The lowest BCUT2D eigenvalue weighted by molar-refractivity contribution is 0.0684. The zero-order valence-corrected chi connectivity index (χ0v) is 17.1. The molecule has 0 radical (unpaired) electrons. The molecule has 0 saturated carbocycles. The molecule has 5 nitrogen and oxygen atoms in total. The number of aromatic nitrogens is 3. The highest BCUT2D eigenvalue weighted by molar-refractivity contribution is 5.96. The van der Waals surface area contributed by atoms with E-state index in [1.54, 1.807) is 18.2 Å². The molecule has 0 aliphatic rings. The van der Waals surface area contributed by atoms with Gasteiger partial charge >= 0.3 is 5.97 Å². The van der Waals surface area contributed by atoms with Crippen molar-refractivity contribution in [2.75, 3.05) is 0 Å². The quantitative estimate of drug-likeness (QED) is 0.394. The lowest BCUT2D eigenvalue weighted by Gasteiger charge is -2.05. The summed E-state index contributed by atoms with van der Waals surface area (Å²) in [5.74, 6) is -1.29. The summed E-state index contributed by atoms with van der Waals surface area (Å²) in [5, 5.41) is 15.4. The second kappa shape index (κ2) is 8.15. The number of hydrogen-bond acceptors (Lipinski definition) is 2. The van der Waals surface area contributed by atoms with Gasteiger partial charge in [0.15, 0.2) is 0 Å². The number of halogens is 1. The molecule has 0 spiro atoms. The Morgan fingerprint density at radius 1 is 0.875 bits per heavy atom. The van der Waals surface area contributed by atoms with E-state index in [1.807, 2.05) is 60.8 Å². The Kier molecular flexibility index (Phi) is 5.03. The van der Waals surface area contributed by atoms with Crippen LogP contribution in [0.25, 0.3) is 22.2 Å². The number of rotatable bonds is 6. The topological polar surface area (TPSA) is 60.0 Å². The highest BCUT2D eigenvalue weighted by Crippen LogP contribution is 2.31. The molecule has 0 fully saturated rings. The van der Waals surface area contributed by atoms with Gasteiger partial charge in [-0.2, -0.15) is 5.10 Å². The first-order valence-corrected chi connectivity index (χ1v) is 10.3. The van der Waals surface area contributed by atoms with Crippen molar-refractivity contribution in [1.29, 1.82) is 0 Å². The number of fused-ring (bicyclic) bond motifs is 1. The fourth-order valence-electron chi connectivity index (χ4n) is 3.97. The molecular weight excluding hydrogens is 405 g/mol. The Bertz CT molecular complexity index is 1400. The SMILES string of the molecule is O=C(O)c1cc(-c2cn(Cc3ccc(F)cc3)c3ccccc23)nn1Cc1ccccc1. The molecule has 32 heavy (non-hydrogen) atoms. The number of carbonyl (C=O) groups is 1. The van der Waals surface area contributed by atoms with Crippen LogP contribution in [-0.4, -0.2) is 25.4 Å². The van der Waals surface area contributed by atoms with Crippen LogP contribution in [0.2, 0.25) is 0 Å². The van der Waals surface area contributed by atoms with Gasteiger partial charge in [-0.15, -0.1) is 0 Å². The van der Waals surface area contributed by atoms with E-state index in [0.717, 1.165) is 27.6 Å². The van der Waals surface area contributed by atoms with Crippen molar-refractivity contribution in [3.8, 4) is 11.3 Å². The molecule has 5 aromatic rings. The van der Waals surface area contributed by atoms with Crippen LogP contribution in [0.3, 0.4) is 0 Å². The Morgan fingerprint density at radius 3 is 2.31 bits per heavy atom. The average molecular weight is 425 g/mol. The summed E-state index contributed by atoms with van der Waals surface area (Å²) in [6.45, 7) is 0.938. The van der Waals surface area contributed by atoms with Gasteiger partial charge in [0.05, 0.1) is 12.2 Å². The second-order valence-electron chi connectivity index (χ2n) is 7.68. The molecule has 2 heterocycles. The summed E-state index contributed by atoms with van der Waals surface area (Å²) >= 11 is 0. The molecule has 0 unspecified atom stereocenters. The number of carboxylic acid groups (broad SMARTS) is 1. The van der Waals surface area contributed by atoms with Crippen molar-refractivity contribution in [2.24, 2.45) is 0 Å². The van der Waals surface area contributed by atoms with Gasteiger partial charge in [0.1, 0.15) is 11.5 Å². The number of benzene rings is 3. The van der Waals surface area contributed by atoms with Crippen LogP contribution in [-0.2, 0) is 13.1 Å². The number of hydrogen-bond donors (Lipinski definition) is 1. The number of nitrogens with zero attached hydrogens (tertiary/aromatic N) is 3. The summed E-state index contributed by atoms with van der Waals surface area (Å²) in [5.41, 5.74) is 4.55. The summed E-state index contributed by atoms with van der Waals surface area (Å²) in [4.78, 5) is 11.9. The van der Waals surface area contributed by atoms with E-state index in [-0.39, 0.29) is 11.5 Å². The van der Waals surface area contributed by atoms with E-state index < -0.39 is 5.97 Å². The van der Waals surface area contributed by atoms with E-state index in [1.165, 1.54) is 16.8 Å². The van der Waals surface area contributed by atoms with Gasteiger partial charge in [-0.05, 0) is 35.4 Å². The maximum atomic E-state index is 13.3. The van der Waals surface area contributed by atoms with Crippen molar-refractivity contribution < 1.29 is 14.3 Å². The van der Waals surface area contributed by atoms with Crippen LogP contribution in [0.1, 0.15) is 21.6 Å². The van der Waals surface area contributed by atoms with Crippen molar-refractivity contribution in [2.45, 2.75) is 13.1 Å². The van der Waals surface area contributed by atoms with Crippen molar-refractivity contribution >= 4 is 16.9 Å². The van der Waals surface area contributed by atoms with E-state index in [2.05, 4.69) is 9.67 Å². The molecule has 0 aliphatic heterocycles. The first-order valence-electron chi connectivity index (χ1n) is 10.3. The average Bonchev–Trinajstić information content (AvgIpc) is 3.38. The van der Waals surface area contributed by atoms with E-state index >= 15 is 0 Å². The Balaban J connectivity index is 1.58. The normalized spacial score (nSPS) is 11.2. The third-order valence-corrected chi connectivity index (χ3v) is 5.50. The molecule has 0 bridgehead atoms. The van der Waals surface area contributed by atoms with Gasteiger partial charge in [-0.3, -0.25) is 4.68 Å². The molecule has 158 valence electrons. The van der Waals surface area contributed by atoms with Gasteiger partial charge in [0.25, 0.3) is 0 Å². The van der Waals surface area contributed by atoms with Crippen LogP contribution in [0.15, 0.2) is 91.1 Å². The first-order chi connectivity index (χ1) is 15.6. The lowest BCUT2D eigenvalue weighted by atomic mass is 10.1. The van der Waals surface area contributed by atoms with Gasteiger partial charge in [-0.1, -0.05) is 60.7 Å². The molecule has 0 saturated heterocycles. The van der Waals surface area contributed by atoms with Gasteiger partial charge in [-0.25, -0.2) is 9.18 Å². The summed E-state index contributed by atoms with van der Waals surface area (Å²) in [7, 11) is 0. The van der Waals surface area contributed by atoms with E-state index in [4.69, 9.17) is 0 Å². The van der Waals surface area contributed by atoms with Crippen LogP contribution in [0.4, 0.5) is 4.39 Å². The Morgan fingerprint density at radius 2 is 1.56 bits per heavy atom. The standard InChI is InChI=1S/C26H20FN3O2/c27-20-12-10-19(11-13-20)15-29-17-22(21-8-4-5-9-24(21)29)23-14-25(26(31)32)30(28-23)16-18-6-2-1-3-7-18/h1-14,17H,15-16H2,(H,31,32). The Labute approximate surface area is 184 Å². The molecule has 0 amide bonds. The maximum Gasteiger partial charge on any atom is 0.354 e. The minimum atomic E-state index is -1.02. The van der Waals surface area contributed by atoms with Gasteiger partial charge < -0.3 is 9.67 Å². The van der Waals surface area contributed by atoms with Crippen molar-refractivity contribution in [1.82, 2.24) is 14.3 Å². The first kappa shape index (κ1) is 19.8. The fourth-order valence-corrected chi connectivity index (χ4v) is 3.97. The lowest BCUT2D eigenvalue weighted by Crippen LogP contribution is -2.10. The molecule has 3 aromatic carbocycles. The summed E-state index contributed by atoms with van der Waals surface area (Å²) < 4.78 is 16.9. The third kappa shape index (κ3) is 3.78.